The number of aromatic amines is 1. The molecule has 0 amide bonds. The number of fused-ring (bicyclic) bond motifs is 1. The van der Waals surface area contributed by atoms with Gasteiger partial charge in [-0.15, -0.1) is 13.2 Å². The van der Waals surface area contributed by atoms with E-state index in [1.165, 1.54) is 16.6 Å². The highest BCUT2D eigenvalue weighted by molar-refractivity contribution is 5.99. The van der Waals surface area contributed by atoms with Crippen LogP contribution in [-0.4, -0.2) is 48.8 Å². The van der Waals surface area contributed by atoms with E-state index in [4.69, 9.17) is 16.2 Å². The van der Waals surface area contributed by atoms with Crippen LogP contribution in [-0.2, 0) is 4.74 Å². The Morgan fingerprint density at radius 2 is 1.90 bits per heavy atom. The molecular weight excluding hydrogens is 426 g/mol. The first kappa shape index (κ1) is 21.4. The van der Waals surface area contributed by atoms with E-state index in [0.717, 1.165) is 0 Å². The van der Waals surface area contributed by atoms with Crippen LogP contribution >= 0.6 is 0 Å². The van der Waals surface area contributed by atoms with Gasteiger partial charge in [0.15, 0.2) is 11.6 Å². The van der Waals surface area contributed by atoms with E-state index in [2.05, 4.69) is 9.72 Å². The topological polar surface area (TPSA) is 129 Å². The predicted molar refractivity (Wildman–Crippen MR) is 104 cm³/mol. The first-order chi connectivity index (χ1) is 14.6. The minimum absolute atomic E-state index is 0.0112. The maximum Gasteiger partial charge on any atom is 0.522 e. The molecule has 4 rings (SSSR count). The van der Waals surface area contributed by atoms with Crippen LogP contribution in [0.15, 0.2) is 9.59 Å². The molecule has 1 saturated heterocycles. The summed E-state index contributed by atoms with van der Waals surface area (Å²) in [5.74, 6) is -1.92. The molecule has 13 heteroatoms. The van der Waals surface area contributed by atoms with Crippen molar-refractivity contribution in [2.45, 2.75) is 31.3 Å². The Balaban J connectivity index is 1.93. The van der Waals surface area contributed by atoms with Crippen molar-refractivity contribution in [2.75, 3.05) is 37.4 Å². The van der Waals surface area contributed by atoms with Crippen LogP contribution in [0.1, 0.15) is 18.9 Å². The van der Waals surface area contributed by atoms with Crippen molar-refractivity contribution in [3.8, 4) is 5.75 Å². The Hall–Kier alpha value is -2.80. The zero-order valence-electron chi connectivity index (χ0n) is 16.5. The second kappa shape index (κ2) is 7.41. The maximum absolute atomic E-state index is 15.4. The van der Waals surface area contributed by atoms with Gasteiger partial charge < -0.3 is 21.1 Å². The summed E-state index contributed by atoms with van der Waals surface area (Å²) in [7, 11) is 1.22. The number of nitrogens with one attached hydrogen (secondary N) is 1. The monoisotopic (exact) mass is 447 g/mol. The number of nitrogen functional groups attached to an aromatic ring is 1. The van der Waals surface area contributed by atoms with E-state index in [0.29, 0.717) is 12.8 Å². The quantitative estimate of drug-likeness (QED) is 0.462. The fraction of sp³-hybridized carbons (Fsp3) is 0.556. The number of aromatic nitrogens is 2. The fourth-order valence-electron chi connectivity index (χ4n) is 4.18. The van der Waals surface area contributed by atoms with Gasteiger partial charge in [0.2, 0.25) is 0 Å². The van der Waals surface area contributed by atoms with Crippen LogP contribution in [0.5, 0.6) is 5.75 Å². The lowest BCUT2D eigenvalue weighted by Crippen LogP contribution is -2.33. The van der Waals surface area contributed by atoms with Gasteiger partial charge in [-0.1, -0.05) is 0 Å². The molecule has 2 atom stereocenters. The van der Waals surface area contributed by atoms with Crippen LogP contribution in [0.25, 0.3) is 10.9 Å². The first-order valence-corrected chi connectivity index (χ1v) is 9.60. The molecule has 1 aliphatic heterocycles. The molecule has 1 aromatic carbocycles. The van der Waals surface area contributed by atoms with Crippen molar-refractivity contribution in [2.24, 2.45) is 11.7 Å². The Bertz CT molecular complexity index is 1140. The molecule has 0 spiro atoms. The summed E-state index contributed by atoms with van der Waals surface area (Å²) in [5, 5.41) is -0.248. The van der Waals surface area contributed by atoms with Gasteiger partial charge in [0, 0.05) is 25.0 Å². The van der Waals surface area contributed by atoms with E-state index < -0.39 is 41.1 Å². The summed E-state index contributed by atoms with van der Waals surface area (Å²) < 4.78 is 64.6. The summed E-state index contributed by atoms with van der Waals surface area (Å²) in [4.78, 5) is 28.3. The molecule has 170 valence electrons. The Morgan fingerprint density at radius 1 is 1.23 bits per heavy atom. The fourth-order valence-corrected chi connectivity index (χ4v) is 4.18. The Kier molecular flexibility index (Phi) is 5.12. The number of methoxy groups -OCH3 is 1. The Morgan fingerprint density at radius 3 is 2.45 bits per heavy atom. The zero-order valence-corrected chi connectivity index (χ0v) is 16.5. The first-order valence-electron chi connectivity index (χ1n) is 9.60. The van der Waals surface area contributed by atoms with Gasteiger partial charge in [0.05, 0.1) is 24.3 Å². The molecule has 1 aliphatic carbocycles. The van der Waals surface area contributed by atoms with Crippen molar-refractivity contribution < 1.29 is 27.0 Å². The number of alkyl halides is 3. The van der Waals surface area contributed by atoms with E-state index in [9.17, 15) is 22.8 Å². The van der Waals surface area contributed by atoms with Gasteiger partial charge >= 0.3 is 12.1 Å². The van der Waals surface area contributed by atoms with Gasteiger partial charge in [-0.05, 0) is 19.4 Å². The molecule has 1 saturated carbocycles. The molecule has 2 unspecified atom stereocenters. The third kappa shape index (κ3) is 3.61. The Labute approximate surface area is 172 Å². The average Bonchev–Trinajstić information content (AvgIpc) is 3.43. The normalized spacial score (nSPS) is 21.8. The number of nitrogens with zero attached hydrogens (tertiary/aromatic N) is 2. The molecule has 2 aromatic rings. The van der Waals surface area contributed by atoms with Crippen LogP contribution in [0.4, 0.5) is 28.9 Å². The van der Waals surface area contributed by atoms with E-state index in [1.54, 1.807) is 0 Å². The molecule has 5 N–H and O–H groups in total. The van der Waals surface area contributed by atoms with Gasteiger partial charge in [-0.3, -0.25) is 19.1 Å². The summed E-state index contributed by atoms with van der Waals surface area (Å²) in [6.45, 7) is -0.528. The van der Waals surface area contributed by atoms with Crippen molar-refractivity contribution >= 4 is 22.3 Å². The van der Waals surface area contributed by atoms with Crippen molar-refractivity contribution in [3.05, 3.63) is 26.7 Å². The number of nitrogens with two attached hydrogens (primary N) is 2. The molecule has 0 bridgehead atoms. The van der Waals surface area contributed by atoms with Crippen molar-refractivity contribution in [1.29, 1.82) is 0 Å². The molecule has 2 aliphatic rings. The van der Waals surface area contributed by atoms with Gasteiger partial charge in [0.25, 0.3) is 5.56 Å². The number of anilines is 2. The number of benzene rings is 1. The van der Waals surface area contributed by atoms with Crippen molar-refractivity contribution in [1.82, 2.24) is 9.55 Å². The molecule has 2 heterocycles. The maximum atomic E-state index is 15.4. The minimum atomic E-state index is -4.89. The minimum Gasteiger partial charge on any atom is -0.492 e. The summed E-state index contributed by atoms with van der Waals surface area (Å²) in [6, 6.07) is -0.227. The zero-order chi connectivity index (χ0) is 22.7. The lowest BCUT2D eigenvalue weighted by molar-refractivity contribution is -0.343. The van der Waals surface area contributed by atoms with Crippen LogP contribution in [0.3, 0.4) is 0 Å². The number of ether oxygens (including phenoxy) is 2. The number of halogens is 4. The largest absolute Gasteiger partial charge is 0.522 e. The third-order valence-corrected chi connectivity index (χ3v) is 5.69. The average molecular weight is 447 g/mol. The number of hydrogen-bond acceptors (Lipinski definition) is 7. The second-order valence-corrected chi connectivity index (χ2v) is 7.70. The summed E-state index contributed by atoms with van der Waals surface area (Å²) in [5.41, 5.74) is 9.21. The molecule has 31 heavy (non-hydrogen) atoms. The number of rotatable bonds is 5. The SMILES string of the molecule is COc1c(N2CC(CN)C(OC(F)(F)F)C2)c(F)c(N)c2c(=O)[nH]c(=O)n(C3CC3)c12. The molecule has 1 aromatic heterocycles. The highest BCUT2D eigenvalue weighted by Gasteiger charge is 2.43. The second-order valence-electron chi connectivity index (χ2n) is 7.70. The van der Waals surface area contributed by atoms with Crippen LogP contribution < -0.4 is 32.4 Å². The van der Waals surface area contributed by atoms with Crippen molar-refractivity contribution in [3.63, 3.8) is 0 Å². The van der Waals surface area contributed by atoms with Crippen LogP contribution in [0, 0.1) is 11.7 Å². The van der Waals surface area contributed by atoms with E-state index >= 15 is 4.39 Å². The summed E-state index contributed by atoms with van der Waals surface area (Å²) >= 11 is 0. The summed E-state index contributed by atoms with van der Waals surface area (Å²) in [6.07, 6.45) is -4.90. The van der Waals surface area contributed by atoms with Gasteiger partial charge in [-0.25, -0.2) is 9.18 Å². The molecular formula is C18H21F4N5O4. The lowest BCUT2D eigenvalue weighted by atomic mass is 10.1. The number of hydrogen-bond donors (Lipinski definition) is 3. The standard InChI is InChI=1S/C18H21F4N5O4/c1-30-15-13-10(16(28)25-17(29)27(13)8-2-3-8)12(24)11(19)14(15)26-5-7(4-23)9(6-26)31-18(20,21)22/h7-9H,2-6,23-24H2,1H3,(H,25,28,29). The number of H-pyrrole nitrogens is 1. The molecule has 0 radical (unpaired) electrons. The lowest BCUT2D eigenvalue weighted by Gasteiger charge is -2.25. The molecule has 9 nitrogen and oxygen atoms in total. The van der Waals surface area contributed by atoms with E-state index in [1.807, 2.05) is 0 Å². The van der Waals surface area contributed by atoms with Crippen LogP contribution in [0.2, 0.25) is 0 Å². The van der Waals surface area contributed by atoms with E-state index in [-0.39, 0.29) is 48.0 Å². The highest BCUT2D eigenvalue weighted by atomic mass is 19.4. The van der Waals surface area contributed by atoms with Gasteiger partial charge in [0.1, 0.15) is 11.2 Å². The van der Waals surface area contributed by atoms with Gasteiger partial charge in [-0.2, -0.15) is 0 Å². The third-order valence-electron chi connectivity index (χ3n) is 5.69. The molecule has 2 fully saturated rings. The highest BCUT2D eigenvalue weighted by Crippen LogP contribution is 2.46. The predicted octanol–water partition coefficient (Wildman–Crippen LogP) is 1.05. The smallest absolute Gasteiger partial charge is 0.492 e.